The monoisotopic (exact) mass is 533 g/mol. The molecular weight excluding hydrogens is 497 g/mol. The lowest BCUT2D eigenvalue weighted by molar-refractivity contribution is -0.132. The Hall–Kier alpha value is -3.03. The van der Waals surface area contributed by atoms with Gasteiger partial charge in [0.25, 0.3) is 5.91 Å². The lowest BCUT2D eigenvalue weighted by Crippen LogP contribution is -2.45. The zero-order valence-corrected chi connectivity index (χ0v) is 23.3. The van der Waals surface area contributed by atoms with Crippen LogP contribution in [0.4, 0.5) is 4.39 Å². The van der Waals surface area contributed by atoms with Crippen LogP contribution in [0, 0.1) is 5.82 Å². The number of rotatable bonds is 4. The van der Waals surface area contributed by atoms with Gasteiger partial charge in [0.2, 0.25) is 5.91 Å². The molecule has 0 radical (unpaired) electrons. The Morgan fingerprint density at radius 1 is 0.947 bits per heavy atom. The third-order valence-electron chi connectivity index (χ3n) is 7.70. The Balaban J connectivity index is 1.25. The third-order valence-corrected chi connectivity index (χ3v) is 8.70. The van der Waals surface area contributed by atoms with Gasteiger partial charge in [-0.2, -0.15) is 0 Å². The van der Waals surface area contributed by atoms with E-state index in [-0.39, 0.29) is 35.6 Å². The highest BCUT2D eigenvalue weighted by Crippen LogP contribution is 2.37. The van der Waals surface area contributed by atoms with Crippen LogP contribution in [-0.2, 0) is 16.6 Å². The van der Waals surface area contributed by atoms with E-state index in [9.17, 15) is 14.0 Å². The van der Waals surface area contributed by atoms with E-state index in [1.807, 2.05) is 40.1 Å². The summed E-state index contributed by atoms with van der Waals surface area (Å²) in [5.74, 6) is -0.178. The Morgan fingerprint density at radius 2 is 1.68 bits per heavy atom. The molecule has 0 aliphatic carbocycles. The third kappa shape index (κ3) is 5.69. The molecule has 0 unspecified atom stereocenters. The van der Waals surface area contributed by atoms with Crippen LogP contribution in [0.2, 0.25) is 0 Å². The molecule has 2 aromatic carbocycles. The first-order valence-corrected chi connectivity index (χ1v) is 14.3. The minimum atomic E-state index is -0.263. The normalized spacial score (nSPS) is 18.7. The molecule has 0 N–H and O–H groups in total. The number of carbonyl (C=O) groups is 2. The average molecular weight is 534 g/mol. The van der Waals surface area contributed by atoms with Crippen LogP contribution in [0.25, 0.3) is 0 Å². The number of halogens is 1. The summed E-state index contributed by atoms with van der Waals surface area (Å²) in [6.45, 7) is 9.82. The van der Waals surface area contributed by atoms with E-state index in [0.29, 0.717) is 31.7 Å². The summed E-state index contributed by atoms with van der Waals surface area (Å²) in [4.78, 5) is 34.0. The molecule has 0 bridgehead atoms. The molecule has 0 saturated carbocycles. The summed E-state index contributed by atoms with van der Waals surface area (Å²) in [7, 11) is 0. The lowest BCUT2D eigenvalue weighted by atomic mass is 9.86. The zero-order chi connectivity index (χ0) is 26.9. The Bertz CT molecular complexity index is 1300. The van der Waals surface area contributed by atoms with Crippen LogP contribution in [0.15, 0.2) is 60.0 Å². The largest absolute Gasteiger partial charge is 0.340 e. The van der Waals surface area contributed by atoms with Gasteiger partial charge in [0.1, 0.15) is 5.82 Å². The van der Waals surface area contributed by atoms with Crippen LogP contribution >= 0.6 is 11.3 Å². The predicted molar refractivity (Wildman–Crippen MR) is 150 cm³/mol. The van der Waals surface area contributed by atoms with Gasteiger partial charge in [0, 0.05) is 43.2 Å². The van der Waals surface area contributed by atoms with Gasteiger partial charge in [0.15, 0.2) is 0 Å². The highest BCUT2D eigenvalue weighted by molar-refractivity contribution is 7.10. The number of amides is 2. The van der Waals surface area contributed by atoms with Crippen LogP contribution in [0.5, 0.6) is 0 Å². The second-order valence-electron chi connectivity index (χ2n) is 11.3. The number of benzene rings is 2. The zero-order valence-electron chi connectivity index (χ0n) is 22.5. The number of fused-ring (bicyclic) bond motifs is 1. The van der Waals surface area contributed by atoms with Crippen LogP contribution in [0.1, 0.15) is 65.2 Å². The first-order valence-electron chi connectivity index (χ1n) is 13.4. The molecule has 38 heavy (non-hydrogen) atoms. The van der Waals surface area contributed by atoms with Gasteiger partial charge in [-0.3, -0.25) is 14.5 Å². The van der Waals surface area contributed by atoms with Gasteiger partial charge < -0.3 is 9.80 Å². The van der Waals surface area contributed by atoms with Crippen LogP contribution in [0.3, 0.4) is 0 Å². The fourth-order valence-electron chi connectivity index (χ4n) is 5.54. The highest BCUT2D eigenvalue weighted by atomic mass is 32.1. The lowest BCUT2D eigenvalue weighted by Gasteiger charge is -2.37. The van der Waals surface area contributed by atoms with Gasteiger partial charge in [0.05, 0.1) is 12.6 Å². The first-order chi connectivity index (χ1) is 18.2. The molecule has 1 atom stereocenters. The van der Waals surface area contributed by atoms with Crippen LogP contribution in [-0.4, -0.2) is 65.8 Å². The summed E-state index contributed by atoms with van der Waals surface area (Å²) in [5, 5.41) is 2.08. The second kappa shape index (κ2) is 11.0. The summed E-state index contributed by atoms with van der Waals surface area (Å²) < 4.78 is 14.1. The van der Waals surface area contributed by atoms with E-state index in [2.05, 4.69) is 37.1 Å². The summed E-state index contributed by atoms with van der Waals surface area (Å²) >= 11 is 1.73. The standard InChI is InChI=1S/C31H36FN3O2S/c1-31(2,3)24-10-8-22(9-11-24)30(37)34-15-5-14-33(17-18-34)28(36)21-35-16-12-27-26(13-19-38-27)29(35)23-6-4-7-25(32)20-23/h4,6-11,13,19-20,29H,5,12,14-18,21H2,1-3H3/t29-/m0/s1. The molecule has 5 nitrogen and oxygen atoms in total. The SMILES string of the molecule is CC(C)(C)c1ccc(C(=O)N2CCCN(C(=O)CN3CCc4sccc4[C@@H]3c3cccc(F)c3)CC2)cc1. The molecule has 3 aromatic rings. The molecule has 1 fully saturated rings. The van der Waals surface area contributed by atoms with Crippen molar-refractivity contribution in [3.63, 3.8) is 0 Å². The van der Waals surface area contributed by atoms with Crippen molar-refractivity contribution >= 4 is 23.2 Å². The summed E-state index contributed by atoms with van der Waals surface area (Å²) in [6.07, 6.45) is 1.64. The van der Waals surface area contributed by atoms with Crippen molar-refractivity contribution in [2.24, 2.45) is 0 Å². The molecule has 1 saturated heterocycles. The Morgan fingerprint density at radius 3 is 2.42 bits per heavy atom. The Kier molecular flexibility index (Phi) is 7.68. The topological polar surface area (TPSA) is 43.9 Å². The van der Waals surface area contributed by atoms with Crippen molar-refractivity contribution in [2.45, 2.75) is 45.1 Å². The van der Waals surface area contributed by atoms with E-state index in [1.54, 1.807) is 23.5 Å². The maximum absolute atomic E-state index is 14.1. The molecule has 3 heterocycles. The van der Waals surface area contributed by atoms with Crippen molar-refractivity contribution in [1.29, 1.82) is 0 Å². The van der Waals surface area contributed by atoms with E-state index in [4.69, 9.17) is 0 Å². The van der Waals surface area contributed by atoms with Gasteiger partial charge in [-0.05, 0) is 70.7 Å². The van der Waals surface area contributed by atoms with Gasteiger partial charge in [-0.1, -0.05) is 45.0 Å². The molecule has 5 rings (SSSR count). The molecular formula is C31H36FN3O2S. The molecule has 200 valence electrons. The van der Waals surface area contributed by atoms with Gasteiger partial charge in [-0.25, -0.2) is 4.39 Å². The van der Waals surface area contributed by atoms with Crippen molar-refractivity contribution in [3.05, 3.63) is 92.9 Å². The fourth-order valence-corrected chi connectivity index (χ4v) is 6.45. The van der Waals surface area contributed by atoms with Crippen molar-refractivity contribution in [1.82, 2.24) is 14.7 Å². The quantitative estimate of drug-likeness (QED) is 0.445. The number of hydrogen-bond donors (Lipinski definition) is 0. The minimum absolute atomic E-state index is 0.0203. The summed E-state index contributed by atoms with van der Waals surface area (Å²) in [6, 6.07) is 16.6. The Labute approximate surface area is 228 Å². The number of hydrogen-bond acceptors (Lipinski definition) is 4. The first kappa shape index (κ1) is 26.6. The van der Waals surface area contributed by atoms with Crippen molar-refractivity contribution in [3.8, 4) is 0 Å². The molecule has 2 aliphatic rings. The molecule has 1 aromatic heterocycles. The van der Waals surface area contributed by atoms with E-state index < -0.39 is 0 Å². The van der Waals surface area contributed by atoms with Crippen molar-refractivity contribution < 1.29 is 14.0 Å². The smallest absolute Gasteiger partial charge is 0.253 e. The maximum Gasteiger partial charge on any atom is 0.253 e. The number of nitrogens with zero attached hydrogens (tertiary/aromatic N) is 3. The predicted octanol–water partition coefficient (Wildman–Crippen LogP) is 5.51. The fraction of sp³-hybridized carbons (Fsp3) is 0.419. The number of thiophene rings is 1. The van der Waals surface area contributed by atoms with Crippen molar-refractivity contribution in [2.75, 3.05) is 39.3 Å². The molecule has 2 amide bonds. The van der Waals surface area contributed by atoms with E-state index >= 15 is 0 Å². The molecule has 0 spiro atoms. The summed E-state index contributed by atoms with van der Waals surface area (Å²) in [5.41, 5.74) is 3.98. The van der Waals surface area contributed by atoms with E-state index in [0.717, 1.165) is 24.9 Å². The average Bonchev–Trinajstić information content (AvgIpc) is 3.23. The maximum atomic E-state index is 14.1. The minimum Gasteiger partial charge on any atom is -0.340 e. The molecule has 7 heteroatoms. The number of carbonyl (C=O) groups excluding carboxylic acids is 2. The van der Waals surface area contributed by atoms with Gasteiger partial charge >= 0.3 is 0 Å². The van der Waals surface area contributed by atoms with E-state index in [1.165, 1.54) is 22.1 Å². The molecule has 2 aliphatic heterocycles. The highest BCUT2D eigenvalue weighted by Gasteiger charge is 2.32. The van der Waals surface area contributed by atoms with Crippen LogP contribution < -0.4 is 0 Å². The second-order valence-corrected chi connectivity index (χ2v) is 12.3. The van der Waals surface area contributed by atoms with Gasteiger partial charge in [-0.15, -0.1) is 11.3 Å².